The summed E-state index contributed by atoms with van der Waals surface area (Å²) in [5.74, 6) is 1.07. The lowest BCUT2D eigenvalue weighted by Gasteiger charge is -2.24. The molecule has 2 atom stereocenters. The third-order valence-corrected chi connectivity index (χ3v) is 4.37. The van der Waals surface area contributed by atoms with Crippen LogP contribution in [0.5, 0.6) is 0 Å². The highest BCUT2D eigenvalue weighted by molar-refractivity contribution is 5.85. The van der Waals surface area contributed by atoms with Gasteiger partial charge in [-0.15, -0.1) is 12.4 Å². The Morgan fingerprint density at radius 2 is 2.00 bits per heavy atom. The molecule has 0 saturated carbocycles. The van der Waals surface area contributed by atoms with E-state index in [1.54, 1.807) is 0 Å². The van der Waals surface area contributed by atoms with Gasteiger partial charge in [0.25, 0.3) is 0 Å². The van der Waals surface area contributed by atoms with Crippen molar-refractivity contribution in [3.63, 3.8) is 0 Å². The summed E-state index contributed by atoms with van der Waals surface area (Å²) in [6.45, 7) is 8.51. The van der Waals surface area contributed by atoms with Gasteiger partial charge in [-0.3, -0.25) is 4.79 Å². The average molecular weight is 325 g/mol. The molecule has 2 N–H and O–H groups in total. The van der Waals surface area contributed by atoms with E-state index in [0.717, 1.165) is 25.9 Å². The van der Waals surface area contributed by atoms with Crippen LogP contribution in [0.3, 0.4) is 0 Å². The number of halogens is 1. The molecule has 1 heterocycles. The van der Waals surface area contributed by atoms with Crippen LogP contribution in [0.25, 0.3) is 0 Å². The molecule has 1 fully saturated rings. The summed E-state index contributed by atoms with van der Waals surface area (Å²) >= 11 is 0. The van der Waals surface area contributed by atoms with E-state index in [4.69, 9.17) is 0 Å². The van der Waals surface area contributed by atoms with Gasteiger partial charge in [-0.2, -0.15) is 0 Å². The van der Waals surface area contributed by atoms with E-state index >= 15 is 0 Å². The Hall–Kier alpha value is -1.06. The Bertz CT molecular complexity index is 453. The number of rotatable bonds is 6. The maximum atomic E-state index is 12.3. The molecule has 22 heavy (non-hydrogen) atoms. The van der Waals surface area contributed by atoms with Crippen LogP contribution in [0.2, 0.25) is 0 Å². The average Bonchev–Trinajstić information content (AvgIpc) is 2.97. The van der Waals surface area contributed by atoms with Gasteiger partial charge >= 0.3 is 0 Å². The highest BCUT2D eigenvalue weighted by atomic mass is 35.5. The van der Waals surface area contributed by atoms with Crippen LogP contribution in [0.4, 0.5) is 0 Å². The molecule has 0 aromatic heterocycles. The van der Waals surface area contributed by atoms with Gasteiger partial charge in [0, 0.05) is 6.42 Å². The van der Waals surface area contributed by atoms with Crippen LogP contribution in [0.15, 0.2) is 24.3 Å². The number of carbonyl (C=O) groups is 1. The largest absolute Gasteiger partial charge is 0.349 e. The first-order chi connectivity index (χ1) is 10.1. The third kappa shape index (κ3) is 5.29. The molecular weight excluding hydrogens is 296 g/mol. The minimum atomic E-state index is 0. The molecule has 0 aliphatic carbocycles. The van der Waals surface area contributed by atoms with E-state index in [-0.39, 0.29) is 24.4 Å². The Morgan fingerprint density at radius 3 is 2.50 bits per heavy atom. The minimum Gasteiger partial charge on any atom is -0.349 e. The van der Waals surface area contributed by atoms with E-state index in [1.165, 1.54) is 11.1 Å². The van der Waals surface area contributed by atoms with Crippen molar-refractivity contribution < 1.29 is 4.79 Å². The molecule has 0 radical (unpaired) electrons. The van der Waals surface area contributed by atoms with Gasteiger partial charge in [0.05, 0.1) is 6.04 Å². The highest BCUT2D eigenvalue weighted by Crippen LogP contribution is 2.23. The van der Waals surface area contributed by atoms with E-state index < -0.39 is 0 Å². The first-order valence-corrected chi connectivity index (χ1v) is 8.19. The topological polar surface area (TPSA) is 41.1 Å². The summed E-state index contributed by atoms with van der Waals surface area (Å²) in [5.41, 5.74) is 2.55. The zero-order valence-electron chi connectivity index (χ0n) is 13.9. The fraction of sp³-hybridized carbons (Fsp3) is 0.611. The van der Waals surface area contributed by atoms with Gasteiger partial charge in [0.2, 0.25) is 5.91 Å². The normalized spacial score (nSPS) is 18.8. The van der Waals surface area contributed by atoms with E-state index in [0.29, 0.717) is 18.3 Å². The van der Waals surface area contributed by atoms with Gasteiger partial charge in [-0.1, -0.05) is 45.0 Å². The van der Waals surface area contributed by atoms with Crippen molar-refractivity contribution in [3.05, 3.63) is 35.4 Å². The number of nitrogens with one attached hydrogen (secondary N) is 2. The number of benzene rings is 1. The quantitative estimate of drug-likeness (QED) is 0.841. The SMILES string of the molecule is CCc1ccc(C(NC(=O)CC2CCNC2)C(C)C)cc1.Cl. The molecule has 0 bridgehead atoms. The smallest absolute Gasteiger partial charge is 0.220 e. The zero-order chi connectivity index (χ0) is 15.2. The maximum absolute atomic E-state index is 12.3. The van der Waals surface area contributed by atoms with Crippen molar-refractivity contribution in [2.75, 3.05) is 13.1 Å². The van der Waals surface area contributed by atoms with Crippen LogP contribution in [-0.4, -0.2) is 19.0 Å². The standard InChI is InChI=1S/C18H28N2O.ClH/c1-4-14-5-7-16(8-6-14)18(13(2)3)20-17(21)11-15-9-10-19-12-15;/h5-8,13,15,18-19H,4,9-12H2,1-3H3,(H,20,21);1H. The van der Waals surface area contributed by atoms with Crippen LogP contribution < -0.4 is 10.6 Å². The molecule has 1 saturated heterocycles. The third-order valence-electron chi connectivity index (χ3n) is 4.37. The van der Waals surface area contributed by atoms with Gasteiger partial charge < -0.3 is 10.6 Å². The van der Waals surface area contributed by atoms with Crippen molar-refractivity contribution in [2.45, 2.75) is 46.1 Å². The fourth-order valence-electron chi connectivity index (χ4n) is 2.98. The second-order valence-corrected chi connectivity index (χ2v) is 6.45. The molecule has 2 rings (SSSR count). The number of carbonyl (C=O) groups excluding carboxylic acids is 1. The number of hydrogen-bond donors (Lipinski definition) is 2. The van der Waals surface area contributed by atoms with Crippen molar-refractivity contribution in [1.29, 1.82) is 0 Å². The second-order valence-electron chi connectivity index (χ2n) is 6.45. The van der Waals surface area contributed by atoms with Crippen LogP contribution in [-0.2, 0) is 11.2 Å². The molecule has 1 aliphatic rings. The lowest BCUT2D eigenvalue weighted by atomic mass is 9.94. The number of hydrogen-bond acceptors (Lipinski definition) is 2. The zero-order valence-corrected chi connectivity index (χ0v) is 14.7. The summed E-state index contributed by atoms with van der Waals surface area (Å²) in [6, 6.07) is 8.75. The van der Waals surface area contributed by atoms with Gasteiger partial charge in [-0.25, -0.2) is 0 Å². The minimum absolute atomic E-state index is 0. The van der Waals surface area contributed by atoms with Crippen LogP contribution in [0, 0.1) is 11.8 Å². The van der Waals surface area contributed by atoms with E-state index in [2.05, 4.69) is 55.7 Å². The van der Waals surface area contributed by atoms with Crippen molar-refractivity contribution in [2.24, 2.45) is 11.8 Å². The maximum Gasteiger partial charge on any atom is 0.220 e. The van der Waals surface area contributed by atoms with Gasteiger partial charge in [0.15, 0.2) is 0 Å². The molecule has 4 heteroatoms. The Balaban J connectivity index is 0.00000242. The van der Waals surface area contributed by atoms with Gasteiger partial charge in [-0.05, 0) is 48.9 Å². The Labute approximate surface area is 140 Å². The number of aryl methyl sites for hydroxylation is 1. The molecule has 3 nitrogen and oxygen atoms in total. The summed E-state index contributed by atoms with van der Waals surface area (Å²) in [4.78, 5) is 12.3. The summed E-state index contributed by atoms with van der Waals surface area (Å²) in [5, 5.41) is 6.55. The molecule has 1 amide bonds. The summed E-state index contributed by atoms with van der Waals surface area (Å²) < 4.78 is 0. The Kier molecular flexibility index (Phi) is 7.91. The molecule has 2 unspecified atom stereocenters. The molecular formula is C18H29ClN2O. The first kappa shape index (κ1) is 19.0. The molecule has 1 aromatic carbocycles. The second kappa shape index (κ2) is 9.16. The van der Waals surface area contributed by atoms with Crippen LogP contribution >= 0.6 is 12.4 Å². The van der Waals surface area contributed by atoms with Crippen molar-refractivity contribution >= 4 is 18.3 Å². The summed E-state index contributed by atoms with van der Waals surface area (Å²) in [7, 11) is 0. The van der Waals surface area contributed by atoms with Gasteiger partial charge in [0.1, 0.15) is 0 Å². The first-order valence-electron chi connectivity index (χ1n) is 8.19. The van der Waals surface area contributed by atoms with Crippen molar-refractivity contribution in [1.82, 2.24) is 10.6 Å². The van der Waals surface area contributed by atoms with Crippen molar-refractivity contribution in [3.8, 4) is 0 Å². The Morgan fingerprint density at radius 1 is 1.32 bits per heavy atom. The monoisotopic (exact) mass is 324 g/mol. The lowest BCUT2D eigenvalue weighted by Crippen LogP contribution is -2.33. The van der Waals surface area contributed by atoms with Crippen LogP contribution in [0.1, 0.15) is 50.8 Å². The predicted octanol–water partition coefficient (Wildman–Crippen LogP) is 3.48. The molecule has 1 aromatic rings. The lowest BCUT2D eigenvalue weighted by molar-refractivity contribution is -0.123. The molecule has 0 spiro atoms. The predicted molar refractivity (Wildman–Crippen MR) is 94.4 cm³/mol. The van der Waals surface area contributed by atoms with E-state index in [1.807, 2.05) is 0 Å². The molecule has 124 valence electrons. The highest BCUT2D eigenvalue weighted by Gasteiger charge is 2.22. The number of amides is 1. The fourth-order valence-corrected chi connectivity index (χ4v) is 2.98. The summed E-state index contributed by atoms with van der Waals surface area (Å²) in [6.07, 6.45) is 2.81. The van der Waals surface area contributed by atoms with E-state index in [9.17, 15) is 4.79 Å². The molecule has 1 aliphatic heterocycles.